The molecule has 0 unspecified atom stereocenters. The topological polar surface area (TPSA) is 0 Å². The lowest BCUT2D eigenvalue weighted by Gasteiger charge is -1.96. The van der Waals surface area contributed by atoms with Crippen LogP contribution in [0.1, 0.15) is 72.1 Å². The van der Waals surface area contributed by atoms with Gasteiger partial charge in [-0.15, -0.1) is 0 Å². The summed E-state index contributed by atoms with van der Waals surface area (Å²) in [7, 11) is 0. The van der Waals surface area contributed by atoms with Gasteiger partial charge in [-0.1, -0.05) is 70.8 Å². The molecule has 0 aliphatic rings. The number of hydrogen-bond donors (Lipinski definition) is 0. The Hall–Kier alpha value is -0.520. The Kier molecular flexibility index (Phi) is 12.1. The predicted molar refractivity (Wildman–Crippen MR) is 75.7 cm³/mol. The first kappa shape index (κ1) is 15.5. The lowest BCUT2D eigenvalue weighted by atomic mass is 10.1. The average molecular weight is 222 g/mol. The van der Waals surface area contributed by atoms with Gasteiger partial charge in [0.15, 0.2) is 0 Å². The summed E-state index contributed by atoms with van der Waals surface area (Å²) in [5, 5.41) is 0. The highest BCUT2D eigenvalue weighted by Crippen LogP contribution is 2.06. The lowest BCUT2D eigenvalue weighted by Crippen LogP contribution is -1.80. The number of unbranched alkanes of at least 4 members (excludes halogenated alkanes) is 5. The van der Waals surface area contributed by atoms with Crippen molar-refractivity contribution in [2.24, 2.45) is 5.92 Å². The van der Waals surface area contributed by atoms with E-state index in [2.05, 4.69) is 45.1 Å². The monoisotopic (exact) mass is 222 g/mol. The summed E-state index contributed by atoms with van der Waals surface area (Å²) in [6.45, 7) is 6.79. The maximum absolute atomic E-state index is 2.34. The van der Waals surface area contributed by atoms with E-state index in [9.17, 15) is 0 Å². The average Bonchev–Trinajstić information content (AvgIpc) is 2.25. The van der Waals surface area contributed by atoms with Crippen molar-refractivity contribution in [3.05, 3.63) is 24.3 Å². The molecule has 0 fully saturated rings. The zero-order valence-corrected chi connectivity index (χ0v) is 11.5. The van der Waals surface area contributed by atoms with Crippen molar-refractivity contribution < 1.29 is 0 Å². The van der Waals surface area contributed by atoms with Crippen LogP contribution in [0.2, 0.25) is 0 Å². The minimum absolute atomic E-state index is 0.791. The molecule has 0 saturated carbocycles. The van der Waals surface area contributed by atoms with E-state index in [0.29, 0.717) is 0 Å². The lowest BCUT2D eigenvalue weighted by molar-refractivity contribution is 0.637. The Labute approximate surface area is 103 Å². The summed E-state index contributed by atoms with van der Waals surface area (Å²) < 4.78 is 0. The Morgan fingerprint density at radius 1 is 0.812 bits per heavy atom. The predicted octanol–water partition coefficient (Wildman–Crippen LogP) is 5.90. The van der Waals surface area contributed by atoms with Crippen LogP contribution in [-0.4, -0.2) is 0 Å². The minimum atomic E-state index is 0.791. The molecule has 94 valence electrons. The molecule has 0 N–H and O–H groups in total. The van der Waals surface area contributed by atoms with Gasteiger partial charge in [-0.05, 0) is 31.6 Å². The van der Waals surface area contributed by atoms with Gasteiger partial charge in [0.05, 0.1) is 0 Å². The van der Waals surface area contributed by atoms with Crippen molar-refractivity contribution in [3.63, 3.8) is 0 Å². The SMILES string of the molecule is CCCCCCC/C=C/C/C=C/CC(C)C. The molecule has 0 atom stereocenters. The molecule has 0 rings (SSSR count). The van der Waals surface area contributed by atoms with Gasteiger partial charge in [-0.2, -0.15) is 0 Å². The number of rotatable bonds is 10. The van der Waals surface area contributed by atoms with E-state index < -0.39 is 0 Å². The molecule has 0 nitrogen and oxygen atoms in total. The highest BCUT2D eigenvalue weighted by molar-refractivity contribution is 4.92. The second-order valence-corrected chi connectivity index (χ2v) is 5.01. The summed E-state index contributed by atoms with van der Waals surface area (Å²) in [5.41, 5.74) is 0. The van der Waals surface area contributed by atoms with Crippen LogP contribution < -0.4 is 0 Å². The third-order valence-corrected chi connectivity index (χ3v) is 2.69. The zero-order valence-electron chi connectivity index (χ0n) is 11.5. The standard InChI is InChI=1S/C16H30/c1-4-5-6-7-8-9-10-11-12-13-14-15-16(2)3/h10-11,13-14,16H,4-9,12,15H2,1-3H3/b11-10+,14-13+. The first-order chi connectivity index (χ1) is 7.77. The van der Waals surface area contributed by atoms with Crippen molar-refractivity contribution in [1.82, 2.24) is 0 Å². The molecule has 0 aromatic heterocycles. The molecule has 0 radical (unpaired) electrons. The Bertz CT molecular complexity index is 174. The first-order valence-corrected chi connectivity index (χ1v) is 7.07. The van der Waals surface area contributed by atoms with Gasteiger partial charge >= 0.3 is 0 Å². The summed E-state index contributed by atoms with van der Waals surface area (Å²) in [5.74, 6) is 0.791. The van der Waals surface area contributed by atoms with Gasteiger partial charge in [-0.3, -0.25) is 0 Å². The maximum Gasteiger partial charge on any atom is -0.0169 e. The smallest absolute Gasteiger partial charge is 0.0169 e. The van der Waals surface area contributed by atoms with Crippen LogP contribution in [0.4, 0.5) is 0 Å². The van der Waals surface area contributed by atoms with Crippen molar-refractivity contribution in [2.75, 3.05) is 0 Å². The second-order valence-electron chi connectivity index (χ2n) is 5.01. The minimum Gasteiger partial charge on any atom is -0.0882 e. The number of allylic oxidation sites excluding steroid dienone is 4. The van der Waals surface area contributed by atoms with Crippen LogP contribution in [0, 0.1) is 5.92 Å². The van der Waals surface area contributed by atoms with Gasteiger partial charge in [0.1, 0.15) is 0 Å². The normalized spacial score (nSPS) is 12.2. The molecule has 0 aromatic carbocycles. The summed E-state index contributed by atoms with van der Waals surface area (Å²) in [4.78, 5) is 0. The Morgan fingerprint density at radius 2 is 1.50 bits per heavy atom. The summed E-state index contributed by atoms with van der Waals surface area (Å²) in [6, 6.07) is 0. The molecule has 16 heavy (non-hydrogen) atoms. The Balaban J connectivity index is 3.18. The van der Waals surface area contributed by atoms with E-state index in [4.69, 9.17) is 0 Å². The number of hydrogen-bond acceptors (Lipinski definition) is 0. The maximum atomic E-state index is 2.34. The Morgan fingerprint density at radius 3 is 2.19 bits per heavy atom. The van der Waals surface area contributed by atoms with Gasteiger partial charge < -0.3 is 0 Å². The molecule has 0 spiro atoms. The van der Waals surface area contributed by atoms with Crippen molar-refractivity contribution in [2.45, 2.75) is 72.1 Å². The fraction of sp³-hybridized carbons (Fsp3) is 0.750. The van der Waals surface area contributed by atoms with E-state index in [1.807, 2.05) is 0 Å². The third-order valence-electron chi connectivity index (χ3n) is 2.69. The summed E-state index contributed by atoms with van der Waals surface area (Å²) in [6.07, 6.45) is 19.8. The second kappa shape index (κ2) is 12.5. The van der Waals surface area contributed by atoms with Crippen LogP contribution >= 0.6 is 0 Å². The molecule has 0 bridgehead atoms. The largest absolute Gasteiger partial charge is 0.0882 e. The van der Waals surface area contributed by atoms with Gasteiger partial charge in [0.2, 0.25) is 0 Å². The fourth-order valence-corrected chi connectivity index (χ4v) is 1.62. The molecule has 0 heterocycles. The molecule has 0 aromatic rings. The van der Waals surface area contributed by atoms with Gasteiger partial charge in [0.25, 0.3) is 0 Å². The van der Waals surface area contributed by atoms with Crippen LogP contribution in [-0.2, 0) is 0 Å². The van der Waals surface area contributed by atoms with Crippen LogP contribution in [0.15, 0.2) is 24.3 Å². The van der Waals surface area contributed by atoms with Crippen molar-refractivity contribution >= 4 is 0 Å². The van der Waals surface area contributed by atoms with E-state index in [-0.39, 0.29) is 0 Å². The quantitative estimate of drug-likeness (QED) is 0.319. The van der Waals surface area contributed by atoms with E-state index >= 15 is 0 Å². The molecular formula is C16H30. The highest BCUT2D eigenvalue weighted by atomic mass is 13.9. The van der Waals surface area contributed by atoms with E-state index in [1.165, 1.54) is 44.9 Å². The molecule has 0 saturated heterocycles. The highest BCUT2D eigenvalue weighted by Gasteiger charge is 1.87. The first-order valence-electron chi connectivity index (χ1n) is 7.07. The van der Waals surface area contributed by atoms with Gasteiger partial charge in [-0.25, -0.2) is 0 Å². The van der Waals surface area contributed by atoms with Crippen LogP contribution in [0.5, 0.6) is 0 Å². The molecule has 0 aliphatic heterocycles. The van der Waals surface area contributed by atoms with Crippen molar-refractivity contribution in [3.8, 4) is 0 Å². The molecule has 0 aliphatic carbocycles. The summed E-state index contributed by atoms with van der Waals surface area (Å²) >= 11 is 0. The third kappa shape index (κ3) is 13.5. The molecular weight excluding hydrogens is 192 g/mol. The van der Waals surface area contributed by atoms with Gasteiger partial charge in [0, 0.05) is 0 Å². The van der Waals surface area contributed by atoms with Crippen LogP contribution in [0.25, 0.3) is 0 Å². The molecule has 0 amide bonds. The molecule has 0 heteroatoms. The van der Waals surface area contributed by atoms with Crippen LogP contribution in [0.3, 0.4) is 0 Å². The fourth-order valence-electron chi connectivity index (χ4n) is 1.62. The zero-order chi connectivity index (χ0) is 12.1. The van der Waals surface area contributed by atoms with E-state index in [0.717, 1.165) is 12.3 Å². The van der Waals surface area contributed by atoms with E-state index in [1.54, 1.807) is 0 Å². The van der Waals surface area contributed by atoms with Crippen molar-refractivity contribution in [1.29, 1.82) is 0 Å².